The lowest BCUT2D eigenvalue weighted by atomic mass is 10.0. The minimum absolute atomic E-state index is 0.630. The van der Waals surface area contributed by atoms with E-state index >= 15 is 0 Å². The Balaban J connectivity index is 1.57. The van der Waals surface area contributed by atoms with Crippen molar-refractivity contribution < 1.29 is 0 Å². The summed E-state index contributed by atoms with van der Waals surface area (Å²) in [6.45, 7) is 3.37. The van der Waals surface area contributed by atoms with Gasteiger partial charge in [0, 0.05) is 37.4 Å². The first-order chi connectivity index (χ1) is 9.92. The van der Waals surface area contributed by atoms with Crippen LogP contribution in [0.15, 0.2) is 43.0 Å². The van der Waals surface area contributed by atoms with Crippen molar-refractivity contribution in [2.24, 2.45) is 0 Å². The maximum Gasteiger partial charge on any atom is 0.0564 e. The van der Waals surface area contributed by atoms with Crippen LogP contribution in [0.5, 0.6) is 0 Å². The minimum Gasteiger partial charge on any atom is -0.298 e. The highest BCUT2D eigenvalue weighted by atomic mass is 15.3. The fraction of sp³-hybridized carbons (Fsp3) is 0.500. The second-order valence-electron chi connectivity index (χ2n) is 5.52. The lowest BCUT2D eigenvalue weighted by molar-refractivity contribution is 0.131. The molecular formula is C16H22N4. The molecule has 1 fully saturated rings. The molecule has 1 saturated heterocycles. The van der Waals surface area contributed by atoms with E-state index in [0.29, 0.717) is 6.04 Å². The van der Waals surface area contributed by atoms with Crippen molar-refractivity contribution in [3.05, 3.63) is 48.5 Å². The number of piperidine rings is 1. The zero-order valence-electron chi connectivity index (χ0n) is 11.9. The van der Waals surface area contributed by atoms with Gasteiger partial charge < -0.3 is 0 Å². The fourth-order valence-electron chi connectivity index (χ4n) is 3.01. The molecule has 2 aromatic heterocycles. The Morgan fingerprint density at radius 3 is 2.85 bits per heavy atom. The topological polar surface area (TPSA) is 34.0 Å². The quantitative estimate of drug-likeness (QED) is 0.836. The molecule has 0 spiro atoms. The first kappa shape index (κ1) is 13.3. The summed E-state index contributed by atoms with van der Waals surface area (Å²) in [5.74, 6) is 0. The molecule has 20 heavy (non-hydrogen) atoms. The first-order valence-electron chi connectivity index (χ1n) is 7.52. The van der Waals surface area contributed by atoms with Crippen molar-refractivity contribution >= 4 is 0 Å². The van der Waals surface area contributed by atoms with Gasteiger partial charge >= 0.3 is 0 Å². The molecule has 3 rings (SSSR count). The Labute approximate surface area is 120 Å². The molecule has 0 bridgehead atoms. The van der Waals surface area contributed by atoms with Crippen molar-refractivity contribution in [1.82, 2.24) is 19.7 Å². The van der Waals surface area contributed by atoms with Crippen molar-refractivity contribution in [3.8, 4) is 0 Å². The van der Waals surface area contributed by atoms with Gasteiger partial charge in [-0.1, -0.05) is 6.42 Å². The molecule has 0 radical (unpaired) electrons. The Morgan fingerprint density at radius 2 is 2.05 bits per heavy atom. The molecule has 4 nitrogen and oxygen atoms in total. The summed E-state index contributed by atoms with van der Waals surface area (Å²) in [5, 5.41) is 4.34. The highest BCUT2D eigenvalue weighted by molar-refractivity contribution is 5.10. The first-order valence-corrected chi connectivity index (χ1v) is 7.52. The minimum atomic E-state index is 0.630. The van der Waals surface area contributed by atoms with E-state index in [1.54, 1.807) is 0 Å². The number of aromatic nitrogens is 3. The van der Waals surface area contributed by atoms with Crippen molar-refractivity contribution in [1.29, 1.82) is 0 Å². The molecule has 1 atom stereocenters. The molecular weight excluding hydrogens is 248 g/mol. The van der Waals surface area contributed by atoms with Gasteiger partial charge in [-0.05, 0) is 49.6 Å². The lowest BCUT2D eigenvalue weighted by Crippen LogP contribution is -2.43. The van der Waals surface area contributed by atoms with Gasteiger partial charge in [0.15, 0.2) is 0 Å². The Kier molecular flexibility index (Phi) is 4.43. The third-order valence-corrected chi connectivity index (χ3v) is 4.14. The molecule has 0 N–H and O–H groups in total. The Bertz CT molecular complexity index is 494. The Morgan fingerprint density at radius 1 is 1.15 bits per heavy atom. The van der Waals surface area contributed by atoms with Crippen molar-refractivity contribution in [2.45, 2.75) is 38.3 Å². The van der Waals surface area contributed by atoms with E-state index in [2.05, 4.69) is 38.0 Å². The van der Waals surface area contributed by atoms with Crippen LogP contribution < -0.4 is 0 Å². The number of nitrogens with zero attached hydrogens (tertiary/aromatic N) is 4. The summed E-state index contributed by atoms with van der Waals surface area (Å²) in [4.78, 5) is 6.71. The molecule has 0 amide bonds. The standard InChI is InChI=1S/C16H22N4/c1-2-11-19(13-7-15-5-9-17-10-6-15)16(4-1)14-20-12-3-8-18-20/h3,5-6,8-10,12,16H,1-2,4,7,11,13-14H2/t16-/m1/s1. The summed E-state index contributed by atoms with van der Waals surface area (Å²) in [5.41, 5.74) is 1.38. The number of hydrogen-bond donors (Lipinski definition) is 0. The third kappa shape index (κ3) is 3.45. The summed E-state index contributed by atoms with van der Waals surface area (Å²) in [7, 11) is 0. The van der Waals surface area contributed by atoms with Crippen molar-refractivity contribution in [3.63, 3.8) is 0 Å². The largest absolute Gasteiger partial charge is 0.298 e. The van der Waals surface area contributed by atoms with E-state index in [1.165, 1.54) is 31.4 Å². The predicted octanol–water partition coefficient (Wildman–Crippen LogP) is 2.38. The average molecular weight is 270 g/mol. The maximum absolute atomic E-state index is 4.34. The van der Waals surface area contributed by atoms with Gasteiger partial charge in [0.05, 0.1) is 6.54 Å². The van der Waals surface area contributed by atoms with Crippen LogP contribution in [0.2, 0.25) is 0 Å². The molecule has 1 aliphatic rings. The van der Waals surface area contributed by atoms with Crippen LogP contribution in [0.25, 0.3) is 0 Å². The van der Waals surface area contributed by atoms with Gasteiger partial charge in [-0.2, -0.15) is 5.10 Å². The van der Waals surface area contributed by atoms with Crippen LogP contribution in [0.4, 0.5) is 0 Å². The summed E-state index contributed by atoms with van der Waals surface area (Å²) < 4.78 is 2.06. The zero-order valence-corrected chi connectivity index (χ0v) is 11.9. The molecule has 0 aliphatic carbocycles. The zero-order chi connectivity index (χ0) is 13.6. The third-order valence-electron chi connectivity index (χ3n) is 4.14. The molecule has 0 aromatic carbocycles. The highest BCUT2D eigenvalue weighted by Gasteiger charge is 2.22. The van der Waals surface area contributed by atoms with Crippen molar-refractivity contribution in [2.75, 3.05) is 13.1 Å². The molecule has 4 heteroatoms. The van der Waals surface area contributed by atoms with Gasteiger partial charge in [0.1, 0.15) is 0 Å². The maximum atomic E-state index is 4.34. The smallest absolute Gasteiger partial charge is 0.0564 e. The summed E-state index contributed by atoms with van der Waals surface area (Å²) >= 11 is 0. The summed E-state index contributed by atoms with van der Waals surface area (Å²) in [6.07, 6.45) is 12.8. The van der Waals surface area contributed by atoms with Crippen LogP contribution in [0, 0.1) is 0 Å². The van der Waals surface area contributed by atoms with Crippen LogP contribution in [0.3, 0.4) is 0 Å². The molecule has 0 unspecified atom stereocenters. The number of hydrogen-bond acceptors (Lipinski definition) is 3. The molecule has 1 aliphatic heterocycles. The van der Waals surface area contributed by atoms with Gasteiger partial charge in [0.2, 0.25) is 0 Å². The van der Waals surface area contributed by atoms with E-state index in [0.717, 1.165) is 19.5 Å². The molecule has 0 saturated carbocycles. The lowest BCUT2D eigenvalue weighted by Gasteiger charge is -2.35. The fourth-order valence-corrected chi connectivity index (χ4v) is 3.01. The monoisotopic (exact) mass is 270 g/mol. The van der Waals surface area contributed by atoms with Crippen LogP contribution >= 0.6 is 0 Å². The SMILES string of the molecule is c1cnn(C[C@H]2CCCCN2CCc2ccncc2)c1. The highest BCUT2D eigenvalue weighted by Crippen LogP contribution is 2.18. The normalized spacial score (nSPS) is 20.1. The second kappa shape index (κ2) is 6.66. The van der Waals surface area contributed by atoms with E-state index in [9.17, 15) is 0 Å². The Hall–Kier alpha value is -1.68. The molecule has 2 aromatic rings. The van der Waals surface area contributed by atoms with E-state index in [-0.39, 0.29) is 0 Å². The van der Waals surface area contributed by atoms with Gasteiger partial charge in [-0.3, -0.25) is 14.6 Å². The van der Waals surface area contributed by atoms with Gasteiger partial charge in [0.25, 0.3) is 0 Å². The second-order valence-corrected chi connectivity index (χ2v) is 5.52. The van der Waals surface area contributed by atoms with E-state index in [1.807, 2.05) is 24.7 Å². The van der Waals surface area contributed by atoms with E-state index < -0.39 is 0 Å². The van der Waals surface area contributed by atoms with Gasteiger partial charge in [-0.15, -0.1) is 0 Å². The number of rotatable bonds is 5. The number of pyridine rings is 1. The van der Waals surface area contributed by atoms with E-state index in [4.69, 9.17) is 0 Å². The molecule has 3 heterocycles. The summed E-state index contributed by atoms with van der Waals surface area (Å²) in [6, 6.07) is 6.87. The van der Waals surface area contributed by atoms with Gasteiger partial charge in [-0.25, -0.2) is 0 Å². The van der Waals surface area contributed by atoms with Crippen LogP contribution in [0.1, 0.15) is 24.8 Å². The average Bonchev–Trinajstić information content (AvgIpc) is 3.00. The molecule has 106 valence electrons. The number of likely N-dealkylation sites (tertiary alicyclic amines) is 1. The predicted molar refractivity (Wildman–Crippen MR) is 79.4 cm³/mol. The van der Waals surface area contributed by atoms with Crippen LogP contribution in [-0.4, -0.2) is 38.8 Å². The van der Waals surface area contributed by atoms with Crippen LogP contribution in [-0.2, 0) is 13.0 Å².